The van der Waals surface area contributed by atoms with E-state index in [1.54, 1.807) is 0 Å². The number of rotatable bonds is 1. The zero-order valence-corrected chi connectivity index (χ0v) is 20.9. The lowest BCUT2D eigenvalue weighted by Gasteiger charge is -2.25. The number of carbonyl (C=O) groups excluding carboxylic acids is 1. The summed E-state index contributed by atoms with van der Waals surface area (Å²) in [4.78, 5) is 17.2. The number of hydrogen-bond acceptors (Lipinski definition) is 3. The van der Waals surface area contributed by atoms with Crippen LogP contribution in [0.3, 0.4) is 0 Å². The van der Waals surface area contributed by atoms with Gasteiger partial charge in [0.25, 0.3) is 11.9 Å². The number of halogens is 2. The van der Waals surface area contributed by atoms with Gasteiger partial charge in [0.1, 0.15) is 5.58 Å². The number of benzene rings is 2. The molecule has 0 bridgehead atoms. The molecule has 1 N–H and O–H groups in total. The monoisotopic (exact) mass is 531 g/mol. The van der Waals surface area contributed by atoms with E-state index in [1.165, 1.54) is 0 Å². The highest BCUT2D eigenvalue weighted by atomic mass is 79.9. The van der Waals surface area contributed by atoms with Crippen LogP contribution < -0.4 is 10.6 Å². The summed E-state index contributed by atoms with van der Waals surface area (Å²) in [6.45, 7) is 12.8. The minimum absolute atomic E-state index is 0.114. The summed E-state index contributed by atoms with van der Waals surface area (Å²) in [5.74, 6) is -0.649. The van der Waals surface area contributed by atoms with E-state index in [-0.39, 0.29) is 22.7 Å². The van der Waals surface area contributed by atoms with Crippen LogP contribution in [0.25, 0.3) is 16.5 Å². The van der Waals surface area contributed by atoms with Crippen LogP contribution in [-0.2, 0) is 15.6 Å². The smallest absolute Gasteiger partial charge is 0.291 e. The Morgan fingerprint density at radius 2 is 1.63 bits per heavy atom. The van der Waals surface area contributed by atoms with Gasteiger partial charge in [0.05, 0.1) is 16.5 Å². The number of fused-ring (bicyclic) bond motifs is 2. The van der Waals surface area contributed by atoms with Gasteiger partial charge in [-0.25, -0.2) is 4.99 Å². The van der Waals surface area contributed by atoms with Crippen molar-refractivity contribution in [3.63, 3.8) is 0 Å². The highest BCUT2D eigenvalue weighted by Crippen LogP contribution is 2.43. The lowest BCUT2D eigenvalue weighted by molar-refractivity contribution is -0.112. The van der Waals surface area contributed by atoms with Crippen molar-refractivity contribution in [2.75, 3.05) is 0 Å². The van der Waals surface area contributed by atoms with E-state index >= 15 is 0 Å². The van der Waals surface area contributed by atoms with E-state index < -0.39 is 0 Å². The summed E-state index contributed by atoms with van der Waals surface area (Å²) in [5.41, 5.74) is 3.14. The number of hydrogen-bond donors (Lipinski definition) is 1. The molecule has 1 aliphatic rings. The molecule has 4 rings (SSSR count). The zero-order valence-electron chi connectivity index (χ0n) is 17.8. The first-order valence-electron chi connectivity index (χ1n) is 9.72. The molecule has 0 spiro atoms. The molecule has 1 amide bonds. The summed E-state index contributed by atoms with van der Waals surface area (Å²) >= 11 is 6.97. The molecule has 0 fully saturated rings. The molecular weight excluding hydrogens is 510 g/mol. The molecule has 1 aromatic heterocycles. The maximum Gasteiger partial charge on any atom is 0.291 e. The van der Waals surface area contributed by atoms with Crippen LogP contribution in [0.5, 0.6) is 5.95 Å². The molecule has 0 aliphatic carbocycles. The second-order valence-electron chi connectivity index (χ2n) is 9.76. The molecule has 0 saturated carbocycles. The maximum atomic E-state index is 13.0. The average molecular weight is 533 g/mol. The van der Waals surface area contributed by atoms with E-state index in [0.717, 1.165) is 21.0 Å². The molecule has 30 heavy (non-hydrogen) atoms. The Kier molecular flexibility index (Phi) is 4.83. The van der Waals surface area contributed by atoms with Gasteiger partial charge >= 0.3 is 0 Å². The third-order valence-electron chi connectivity index (χ3n) is 5.42. The van der Waals surface area contributed by atoms with Gasteiger partial charge in [-0.1, -0.05) is 63.5 Å². The van der Waals surface area contributed by atoms with Crippen molar-refractivity contribution in [2.45, 2.75) is 52.4 Å². The number of carbonyl (C=O) groups is 1. The SMILES string of the molecule is CC(C)(C)c1cc(C(C)(C)C)c2oc(O)c(C3=c4cc(Br)cc(Br)c4=NC3=O)c2c1. The van der Waals surface area contributed by atoms with Crippen LogP contribution in [0.2, 0.25) is 0 Å². The minimum Gasteiger partial charge on any atom is -0.480 e. The van der Waals surface area contributed by atoms with Crippen LogP contribution in [0.4, 0.5) is 0 Å². The molecule has 2 aromatic carbocycles. The number of furan rings is 1. The van der Waals surface area contributed by atoms with Crippen molar-refractivity contribution in [3.8, 4) is 5.95 Å². The normalized spacial score (nSPS) is 14.4. The molecule has 0 atom stereocenters. The minimum atomic E-state index is -0.389. The zero-order chi connectivity index (χ0) is 22.2. The van der Waals surface area contributed by atoms with Gasteiger partial charge in [-0.2, -0.15) is 0 Å². The van der Waals surface area contributed by atoms with Gasteiger partial charge in [0.15, 0.2) is 0 Å². The second kappa shape index (κ2) is 6.79. The van der Waals surface area contributed by atoms with Crippen LogP contribution in [0.15, 0.2) is 42.6 Å². The first-order chi connectivity index (χ1) is 13.8. The van der Waals surface area contributed by atoms with E-state index in [4.69, 9.17) is 4.42 Å². The maximum absolute atomic E-state index is 13.0. The Morgan fingerprint density at radius 3 is 2.23 bits per heavy atom. The molecule has 0 unspecified atom stereocenters. The van der Waals surface area contributed by atoms with Crippen molar-refractivity contribution in [2.24, 2.45) is 4.99 Å². The van der Waals surface area contributed by atoms with Gasteiger partial charge in [-0.05, 0) is 50.5 Å². The van der Waals surface area contributed by atoms with Crippen LogP contribution in [-0.4, -0.2) is 11.0 Å². The Balaban J connectivity index is 2.20. The van der Waals surface area contributed by atoms with E-state index in [2.05, 4.69) is 84.5 Å². The molecule has 156 valence electrons. The number of nitrogens with zero attached hydrogens (tertiary/aromatic N) is 1. The largest absolute Gasteiger partial charge is 0.480 e. The molecule has 2 heterocycles. The predicted octanol–water partition coefficient (Wildman–Crippen LogP) is 5.62. The highest BCUT2D eigenvalue weighted by molar-refractivity contribution is 9.11. The Bertz CT molecular complexity index is 1350. The molecule has 4 nitrogen and oxygen atoms in total. The first-order valence-corrected chi connectivity index (χ1v) is 11.3. The Labute approximate surface area is 192 Å². The van der Waals surface area contributed by atoms with E-state index in [0.29, 0.717) is 31.8 Å². The summed E-state index contributed by atoms with van der Waals surface area (Å²) in [7, 11) is 0. The number of aromatic hydroxyl groups is 1. The summed E-state index contributed by atoms with van der Waals surface area (Å²) < 4.78 is 7.41. The molecule has 6 heteroatoms. The summed E-state index contributed by atoms with van der Waals surface area (Å²) in [6, 6.07) is 7.86. The summed E-state index contributed by atoms with van der Waals surface area (Å²) in [6.07, 6.45) is 0. The van der Waals surface area contributed by atoms with Gasteiger partial charge < -0.3 is 9.52 Å². The third-order valence-corrected chi connectivity index (χ3v) is 6.48. The number of amides is 1. The van der Waals surface area contributed by atoms with Gasteiger partial charge in [-0.3, -0.25) is 4.79 Å². The topological polar surface area (TPSA) is 62.8 Å². The molecule has 3 aromatic rings. The van der Waals surface area contributed by atoms with Crippen molar-refractivity contribution in [1.29, 1.82) is 0 Å². The van der Waals surface area contributed by atoms with Gasteiger partial charge in [-0.15, -0.1) is 0 Å². The van der Waals surface area contributed by atoms with Crippen molar-refractivity contribution < 1.29 is 14.3 Å². The van der Waals surface area contributed by atoms with Crippen molar-refractivity contribution >= 4 is 54.3 Å². The van der Waals surface area contributed by atoms with Crippen LogP contribution in [0.1, 0.15) is 58.2 Å². The van der Waals surface area contributed by atoms with Crippen LogP contribution >= 0.6 is 31.9 Å². The highest BCUT2D eigenvalue weighted by Gasteiger charge is 2.31. The fourth-order valence-corrected chi connectivity index (χ4v) is 5.12. The average Bonchev–Trinajstić information content (AvgIpc) is 3.08. The second-order valence-corrected chi connectivity index (χ2v) is 11.5. The molecule has 0 radical (unpaired) electrons. The van der Waals surface area contributed by atoms with Gasteiger partial charge in [0.2, 0.25) is 0 Å². The lowest BCUT2D eigenvalue weighted by Crippen LogP contribution is -2.24. The van der Waals surface area contributed by atoms with Crippen molar-refractivity contribution in [3.05, 3.63) is 60.5 Å². The van der Waals surface area contributed by atoms with Crippen LogP contribution in [0, 0.1) is 0 Å². The predicted molar refractivity (Wildman–Crippen MR) is 125 cm³/mol. The fourth-order valence-electron chi connectivity index (χ4n) is 3.80. The lowest BCUT2D eigenvalue weighted by atomic mass is 9.79. The third kappa shape index (κ3) is 3.34. The molecular formula is C24H23Br2NO3. The quantitative estimate of drug-likeness (QED) is 0.442. The Hall–Kier alpha value is -1.92. The van der Waals surface area contributed by atoms with Crippen molar-refractivity contribution in [1.82, 2.24) is 0 Å². The Morgan fingerprint density at radius 1 is 0.967 bits per heavy atom. The van der Waals surface area contributed by atoms with Gasteiger partial charge in [0, 0.05) is 25.1 Å². The first kappa shape index (κ1) is 21.3. The summed E-state index contributed by atoms with van der Waals surface area (Å²) in [5, 5.41) is 12.8. The molecule has 1 aliphatic heterocycles. The standard InChI is InChI=1S/C24H23Br2NO3/c1-23(2,3)11-7-14-18(22(29)30-20(14)15(8-11)24(4,5)6)17-13-9-12(25)10-16(26)19(13)27-21(17)28/h7-10,29H,1-6H3. The molecule has 0 saturated heterocycles. The van der Waals surface area contributed by atoms with E-state index in [1.807, 2.05) is 18.2 Å². The fraction of sp³-hybridized carbons (Fsp3) is 0.333. The van der Waals surface area contributed by atoms with E-state index in [9.17, 15) is 9.90 Å².